The minimum Gasteiger partial charge on any atom is -0.474 e. The van der Waals surface area contributed by atoms with E-state index in [4.69, 9.17) is 4.74 Å². The van der Waals surface area contributed by atoms with E-state index in [1.807, 2.05) is 4.90 Å². The number of hydrogen-bond acceptors (Lipinski definition) is 4. The number of aromatic amines is 1. The molecule has 5 aliphatic rings. The number of carbonyl (C=O) groups is 1. The number of aromatic nitrogens is 2. The molecule has 0 aromatic heterocycles. The summed E-state index contributed by atoms with van der Waals surface area (Å²) < 4.78 is 6.55. The topological polar surface area (TPSA) is 61.5 Å². The molecule has 1 N–H and O–H groups in total. The maximum absolute atomic E-state index is 12.5. The monoisotopic (exact) mass is 450 g/mol. The van der Waals surface area contributed by atoms with Crippen LogP contribution >= 0.6 is 0 Å². The van der Waals surface area contributed by atoms with Gasteiger partial charge in [-0.1, -0.05) is 5.57 Å². The number of nitrogens with one attached hydrogen (secondary N) is 1. The second-order valence-electron chi connectivity index (χ2n) is 10.5. The molecule has 2 heterocycles. The van der Waals surface area contributed by atoms with Gasteiger partial charge in [-0.3, -0.25) is 9.69 Å². The molecule has 2 fully saturated rings. The Bertz CT molecular complexity index is 969. The third-order valence-corrected chi connectivity index (χ3v) is 7.97. The summed E-state index contributed by atoms with van der Waals surface area (Å²) in [5.74, 6) is 1.60. The number of ether oxygens (including phenoxy) is 1. The Morgan fingerprint density at radius 1 is 1.24 bits per heavy atom. The molecule has 2 aliphatic heterocycles. The molecule has 1 saturated carbocycles. The van der Waals surface area contributed by atoms with Crippen molar-refractivity contribution >= 4 is 5.91 Å². The van der Waals surface area contributed by atoms with Crippen molar-refractivity contribution in [2.24, 2.45) is 0 Å². The molecule has 0 spiro atoms. The van der Waals surface area contributed by atoms with Crippen LogP contribution < -0.4 is 4.74 Å². The fourth-order valence-electron chi connectivity index (χ4n) is 6.23. The highest BCUT2D eigenvalue weighted by molar-refractivity contribution is 5.78. The lowest BCUT2D eigenvalue weighted by atomic mass is 9.91. The molecule has 0 aromatic rings. The molecule has 178 valence electrons. The van der Waals surface area contributed by atoms with E-state index >= 15 is 0 Å². The van der Waals surface area contributed by atoms with Crippen molar-refractivity contribution in [1.82, 2.24) is 19.8 Å². The van der Waals surface area contributed by atoms with Crippen LogP contribution in [0.25, 0.3) is 11.3 Å². The van der Waals surface area contributed by atoms with E-state index in [0.717, 1.165) is 76.0 Å². The van der Waals surface area contributed by atoms with Gasteiger partial charge in [-0.15, -0.1) is 6.58 Å². The minimum atomic E-state index is 0.188. The number of fused-ring (bicyclic) bond motifs is 3. The van der Waals surface area contributed by atoms with E-state index in [-0.39, 0.29) is 12.0 Å². The van der Waals surface area contributed by atoms with E-state index in [9.17, 15) is 4.79 Å². The van der Waals surface area contributed by atoms with Crippen molar-refractivity contribution in [3.63, 3.8) is 0 Å². The zero-order valence-electron chi connectivity index (χ0n) is 20.2. The number of rotatable bonds is 7. The molecular weight excluding hydrogens is 412 g/mol. The zero-order chi connectivity index (χ0) is 22.9. The van der Waals surface area contributed by atoms with Gasteiger partial charge in [-0.25, -0.2) is 4.98 Å². The summed E-state index contributed by atoms with van der Waals surface area (Å²) in [5, 5.41) is 0. The van der Waals surface area contributed by atoms with E-state index in [1.54, 1.807) is 6.33 Å². The molecule has 1 saturated heterocycles. The van der Waals surface area contributed by atoms with Crippen LogP contribution in [0.4, 0.5) is 0 Å². The van der Waals surface area contributed by atoms with E-state index in [2.05, 4.69) is 41.5 Å². The van der Waals surface area contributed by atoms with E-state index in [0.29, 0.717) is 18.5 Å². The molecule has 0 radical (unpaired) electrons. The van der Waals surface area contributed by atoms with Gasteiger partial charge in [-0.2, -0.15) is 0 Å². The average Bonchev–Trinajstić information content (AvgIpc) is 3.52. The molecular formula is C27H38N4O2. The van der Waals surface area contributed by atoms with Gasteiger partial charge in [0.05, 0.1) is 24.1 Å². The lowest BCUT2D eigenvalue weighted by Crippen LogP contribution is -2.44. The summed E-state index contributed by atoms with van der Waals surface area (Å²) in [5.41, 5.74) is 6.44. The quantitative estimate of drug-likeness (QED) is 0.618. The van der Waals surface area contributed by atoms with Crippen molar-refractivity contribution < 1.29 is 9.53 Å². The average molecular weight is 451 g/mol. The van der Waals surface area contributed by atoms with Crippen molar-refractivity contribution in [1.29, 1.82) is 0 Å². The zero-order valence-corrected chi connectivity index (χ0v) is 20.2. The fraction of sp³-hybridized carbons (Fsp3) is 0.630. The number of allylic oxidation sites excluding steroid dienone is 1. The van der Waals surface area contributed by atoms with Gasteiger partial charge in [-0.05, 0) is 94.9 Å². The van der Waals surface area contributed by atoms with Crippen molar-refractivity contribution in [3.8, 4) is 17.1 Å². The normalized spacial score (nSPS) is 25.1. The minimum absolute atomic E-state index is 0.188. The lowest BCUT2D eigenvalue weighted by Gasteiger charge is -2.35. The fourth-order valence-corrected chi connectivity index (χ4v) is 6.23. The highest BCUT2D eigenvalue weighted by Gasteiger charge is 2.33. The van der Waals surface area contributed by atoms with Crippen LogP contribution in [0.1, 0.15) is 75.3 Å². The molecule has 33 heavy (non-hydrogen) atoms. The smallest absolute Gasteiger partial charge is 0.236 e. The van der Waals surface area contributed by atoms with Crippen LogP contribution in [0.15, 0.2) is 24.5 Å². The van der Waals surface area contributed by atoms with Gasteiger partial charge >= 0.3 is 0 Å². The number of H-pyrrole nitrogens is 1. The van der Waals surface area contributed by atoms with Crippen LogP contribution in [0.2, 0.25) is 0 Å². The Kier molecular flexibility index (Phi) is 6.46. The van der Waals surface area contributed by atoms with Crippen molar-refractivity contribution in [3.05, 3.63) is 35.7 Å². The van der Waals surface area contributed by atoms with Crippen LogP contribution in [0.3, 0.4) is 0 Å². The maximum Gasteiger partial charge on any atom is 0.236 e. The Morgan fingerprint density at radius 2 is 2.00 bits per heavy atom. The summed E-state index contributed by atoms with van der Waals surface area (Å²) in [6, 6.07) is 2.75. The Labute approximate surface area is 197 Å². The SMILES string of the molecule is C=C(C)C[C@H]1CCc2cc3[nH]cnc(OC4CCC(N(C)CC(=O)N5CCCC5)CC4)c-3c21. The summed E-state index contributed by atoms with van der Waals surface area (Å²) in [6.07, 6.45) is 11.7. The predicted molar refractivity (Wildman–Crippen MR) is 131 cm³/mol. The second kappa shape index (κ2) is 9.49. The summed E-state index contributed by atoms with van der Waals surface area (Å²) >= 11 is 0. The first-order valence-electron chi connectivity index (χ1n) is 12.8. The van der Waals surface area contributed by atoms with E-state index < -0.39 is 0 Å². The number of amides is 1. The molecule has 6 nitrogen and oxygen atoms in total. The highest BCUT2D eigenvalue weighted by Crippen LogP contribution is 2.48. The number of nitrogens with zero attached hydrogens (tertiary/aromatic N) is 3. The molecule has 1 atom stereocenters. The molecule has 0 bridgehead atoms. The predicted octanol–water partition coefficient (Wildman–Crippen LogP) is 4.75. The van der Waals surface area contributed by atoms with Gasteiger partial charge in [0.1, 0.15) is 6.10 Å². The molecule has 1 amide bonds. The molecule has 5 rings (SSSR count). The van der Waals surface area contributed by atoms with Gasteiger partial charge < -0.3 is 14.6 Å². The maximum atomic E-state index is 12.5. The highest BCUT2D eigenvalue weighted by atomic mass is 16.5. The van der Waals surface area contributed by atoms with Crippen LogP contribution in [-0.2, 0) is 11.2 Å². The number of likely N-dealkylation sites (N-methyl/N-ethyl adjacent to an activating group) is 1. The van der Waals surface area contributed by atoms with E-state index in [1.165, 1.54) is 28.7 Å². The lowest BCUT2D eigenvalue weighted by molar-refractivity contribution is -0.131. The molecule has 0 aromatic carbocycles. The van der Waals surface area contributed by atoms with Crippen LogP contribution in [-0.4, -0.2) is 64.5 Å². The molecule has 3 aliphatic carbocycles. The Hall–Kier alpha value is -2.34. The number of carbonyl (C=O) groups excluding carboxylic acids is 1. The van der Waals surface area contributed by atoms with Gasteiger partial charge in [0.15, 0.2) is 0 Å². The third-order valence-electron chi connectivity index (χ3n) is 7.97. The van der Waals surface area contributed by atoms with Gasteiger partial charge in [0.2, 0.25) is 11.8 Å². The standard InChI is InChI=1S/C27H38N4O2/c1-18(2)14-19-6-7-20-15-23-26(25(19)20)27(29-17-28-23)33-22-10-8-21(9-11-22)30(3)16-24(32)31-12-4-5-13-31/h15,17,19,21-22H,1,4-14,16H2,2-3H3,(H,28,29)/t19-,21?,22?/m1/s1. The van der Waals surface area contributed by atoms with Gasteiger partial charge in [0, 0.05) is 19.1 Å². The largest absolute Gasteiger partial charge is 0.474 e. The first kappa shape index (κ1) is 22.5. The van der Waals surface area contributed by atoms with Crippen LogP contribution in [0.5, 0.6) is 5.88 Å². The first-order chi connectivity index (χ1) is 16.0. The number of hydrogen-bond donors (Lipinski definition) is 1. The summed E-state index contributed by atoms with van der Waals surface area (Å²) in [7, 11) is 2.10. The summed E-state index contributed by atoms with van der Waals surface area (Å²) in [4.78, 5) is 24.8. The number of likely N-dealkylation sites (tertiary alicyclic amines) is 1. The summed E-state index contributed by atoms with van der Waals surface area (Å²) in [6.45, 7) is 8.68. The Balaban J connectivity index is 1.22. The molecule has 0 unspecified atom stereocenters. The first-order valence-corrected chi connectivity index (χ1v) is 12.8. The second-order valence-corrected chi connectivity index (χ2v) is 10.5. The van der Waals surface area contributed by atoms with Crippen LogP contribution in [0, 0.1) is 0 Å². The van der Waals surface area contributed by atoms with Crippen molar-refractivity contribution in [2.75, 3.05) is 26.7 Å². The molecule has 6 heteroatoms. The van der Waals surface area contributed by atoms with Crippen molar-refractivity contribution in [2.45, 2.75) is 82.8 Å². The van der Waals surface area contributed by atoms with Gasteiger partial charge in [0.25, 0.3) is 0 Å². The third kappa shape index (κ3) is 4.68. The Morgan fingerprint density at radius 3 is 2.73 bits per heavy atom. The number of aryl methyl sites for hydroxylation is 1.